The van der Waals surface area contributed by atoms with Crippen molar-refractivity contribution in [2.24, 2.45) is 5.92 Å². The summed E-state index contributed by atoms with van der Waals surface area (Å²) in [7, 11) is 0. The van der Waals surface area contributed by atoms with Crippen molar-refractivity contribution >= 4 is 21.6 Å². The van der Waals surface area contributed by atoms with Crippen molar-refractivity contribution in [2.75, 3.05) is 13.1 Å². The van der Waals surface area contributed by atoms with E-state index in [1.807, 2.05) is 6.07 Å². The molecule has 1 aromatic rings. The minimum Gasteiger partial charge on any atom is -0.299 e. The maximum Gasteiger partial charge on any atom is 0.283 e. The van der Waals surface area contributed by atoms with Gasteiger partial charge in [-0.1, -0.05) is 19.4 Å². The zero-order valence-electron chi connectivity index (χ0n) is 11.1. The van der Waals surface area contributed by atoms with Crippen LogP contribution in [-0.4, -0.2) is 22.9 Å². The summed E-state index contributed by atoms with van der Waals surface area (Å²) in [5.41, 5.74) is 1.17. The lowest BCUT2D eigenvalue weighted by Crippen LogP contribution is -2.20. The summed E-state index contributed by atoms with van der Waals surface area (Å²) in [6.07, 6.45) is 3.78. The maximum absolute atomic E-state index is 10.9. The number of halogens is 1. The Labute approximate surface area is 122 Å². The standard InChI is InChI=1S/C14H19BrN2O2/c1-2-3-11-6-7-16(9-11)10-12-4-5-13(15)14(8-12)17(18)19/h4-5,8,11H,2-3,6-7,9-10H2,1H3. The summed E-state index contributed by atoms with van der Waals surface area (Å²) >= 11 is 3.22. The minimum atomic E-state index is -0.336. The van der Waals surface area contributed by atoms with Gasteiger partial charge in [0.25, 0.3) is 5.69 Å². The monoisotopic (exact) mass is 326 g/mol. The molecule has 1 unspecified atom stereocenters. The second-order valence-corrected chi connectivity index (χ2v) is 6.08. The lowest BCUT2D eigenvalue weighted by Gasteiger charge is -2.16. The van der Waals surface area contributed by atoms with E-state index in [1.54, 1.807) is 12.1 Å². The largest absolute Gasteiger partial charge is 0.299 e. The Balaban J connectivity index is 2.00. The predicted molar refractivity (Wildman–Crippen MR) is 79.1 cm³/mol. The molecule has 2 rings (SSSR count). The molecule has 1 aliphatic heterocycles. The molecule has 0 spiro atoms. The Kier molecular flexibility index (Phi) is 4.93. The Morgan fingerprint density at radius 2 is 2.32 bits per heavy atom. The quantitative estimate of drug-likeness (QED) is 0.607. The van der Waals surface area contributed by atoms with Gasteiger partial charge in [-0.15, -0.1) is 0 Å². The van der Waals surface area contributed by atoms with Gasteiger partial charge >= 0.3 is 0 Å². The van der Waals surface area contributed by atoms with E-state index in [9.17, 15) is 10.1 Å². The fourth-order valence-electron chi connectivity index (χ4n) is 2.76. The van der Waals surface area contributed by atoms with Crippen LogP contribution >= 0.6 is 15.9 Å². The van der Waals surface area contributed by atoms with Crippen LogP contribution in [-0.2, 0) is 6.54 Å². The van der Waals surface area contributed by atoms with E-state index in [0.717, 1.165) is 31.1 Å². The molecule has 0 radical (unpaired) electrons. The van der Waals surface area contributed by atoms with Crippen LogP contribution in [0.4, 0.5) is 5.69 Å². The van der Waals surface area contributed by atoms with Gasteiger partial charge in [0, 0.05) is 19.2 Å². The van der Waals surface area contributed by atoms with E-state index in [1.165, 1.54) is 19.3 Å². The molecule has 1 saturated heterocycles. The molecule has 1 aliphatic rings. The van der Waals surface area contributed by atoms with Gasteiger partial charge in [-0.2, -0.15) is 0 Å². The van der Waals surface area contributed by atoms with Crippen molar-refractivity contribution < 1.29 is 4.92 Å². The molecule has 0 aromatic heterocycles. The molecule has 0 saturated carbocycles. The first kappa shape index (κ1) is 14.5. The molecule has 19 heavy (non-hydrogen) atoms. The first-order valence-electron chi connectivity index (χ1n) is 6.75. The van der Waals surface area contributed by atoms with Gasteiger partial charge in [0.05, 0.1) is 9.40 Å². The lowest BCUT2D eigenvalue weighted by molar-refractivity contribution is -0.385. The number of benzene rings is 1. The number of rotatable bonds is 5. The van der Waals surface area contributed by atoms with Crippen molar-refractivity contribution in [2.45, 2.75) is 32.7 Å². The van der Waals surface area contributed by atoms with Gasteiger partial charge in [-0.3, -0.25) is 15.0 Å². The summed E-state index contributed by atoms with van der Waals surface area (Å²) in [5, 5.41) is 10.9. The Hall–Kier alpha value is -0.940. The lowest BCUT2D eigenvalue weighted by atomic mass is 10.0. The first-order valence-corrected chi connectivity index (χ1v) is 7.54. The van der Waals surface area contributed by atoms with Crippen LogP contribution in [0.5, 0.6) is 0 Å². The highest BCUT2D eigenvalue weighted by molar-refractivity contribution is 9.10. The Bertz CT molecular complexity index is 465. The summed E-state index contributed by atoms with van der Waals surface area (Å²) in [6.45, 7) is 5.27. The second kappa shape index (κ2) is 6.48. The molecule has 1 heterocycles. The van der Waals surface area contributed by atoms with Gasteiger partial charge < -0.3 is 0 Å². The smallest absolute Gasteiger partial charge is 0.283 e. The number of hydrogen-bond donors (Lipinski definition) is 0. The van der Waals surface area contributed by atoms with Crippen LogP contribution in [0, 0.1) is 16.0 Å². The highest BCUT2D eigenvalue weighted by Crippen LogP contribution is 2.28. The topological polar surface area (TPSA) is 46.4 Å². The SMILES string of the molecule is CCCC1CCN(Cc2ccc(Br)c([N+](=O)[O-])c2)C1. The predicted octanol–water partition coefficient (Wildman–Crippen LogP) is 3.98. The Morgan fingerprint density at radius 1 is 1.53 bits per heavy atom. The fourth-order valence-corrected chi connectivity index (χ4v) is 3.15. The number of likely N-dealkylation sites (tertiary alicyclic amines) is 1. The van der Waals surface area contributed by atoms with Crippen LogP contribution in [0.15, 0.2) is 22.7 Å². The molecule has 1 atom stereocenters. The first-order chi connectivity index (χ1) is 9.10. The summed E-state index contributed by atoms with van der Waals surface area (Å²) in [6, 6.07) is 5.41. The summed E-state index contributed by atoms with van der Waals surface area (Å²) in [4.78, 5) is 13.0. The third-order valence-electron chi connectivity index (χ3n) is 3.68. The van der Waals surface area contributed by atoms with Gasteiger partial charge in [-0.25, -0.2) is 0 Å². The zero-order valence-corrected chi connectivity index (χ0v) is 12.7. The van der Waals surface area contributed by atoms with Gasteiger partial charge in [0.15, 0.2) is 0 Å². The van der Waals surface area contributed by atoms with Crippen LogP contribution in [0.1, 0.15) is 31.7 Å². The third kappa shape index (κ3) is 3.76. The molecular formula is C14H19BrN2O2. The molecule has 4 nitrogen and oxygen atoms in total. The van der Waals surface area contributed by atoms with Crippen LogP contribution in [0.2, 0.25) is 0 Å². The van der Waals surface area contributed by atoms with Crippen LogP contribution < -0.4 is 0 Å². The average Bonchev–Trinajstić information content (AvgIpc) is 2.79. The van der Waals surface area contributed by atoms with Crippen molar-refractivity contribution in [1.29, 1.82) is 0 Å². The van der Waals surface area contributed by atoms with Crippen molar-refractivity contribution in [1.82, 2.24) is 4.90 Å². The molecule has 1 fully saturated rings. The van der Waals surface area contributed by atoms with Gasteiger partial charge in [0.1, 0.15) is 0 Å². The fraction of sp³-hybridized carbons (Fsp3) is 0.571. The summed E-state index contributed by atoms with van der Waals surface area (Å²) in [5.74, 6) is 0.801. The molecule has 0 N–H and O–H groups in total. The molecule has 1 aromatic carbocycles. The second-order valence-electron chi connectivity index (χ2n) is 5.22. The molecule has 0 bridgehead atoms. The van der Waals surface area contributed by atoms with Crippen molar-refractivity contribution in [3.63, 3.8) is 0 Å². The maximum atomic E-state index is 10.9. The van der Waals surface area contributed by atoms with E-state index >= 15 is 0 Å². The summed E-state index contributed by atoms with van der Waals surface area (Å²) < 4.78 is 0.548. The van der Waals surface area contributed by atoms with Crippen molar-refractivity contribution in [3.05, 3.63) is 38.3 Å². The number of nitro groups is 1. The van der Waals surface area contributed by atoms with E-state index in [2.05, 4.69) is 27.8 Å². The average molecular weight is 327 g/mol. The zero-order chi connectivity index (χ0) is 13.8. The highest BCUT2D eigenvalue weighted by Gasteiger charge is 2.22. The Morgan fingerprint density at radius 3 is 3.00 bits per heavy atom. The third-order valence-corrected chi connectivity index (χ3v) is 4.35. The molecule has 104 valence electrons. The van der Waals surface area contributed by atoms with Crippen LogP contribution in [0.25, 0.3) is 0 Å². The molecule has 0 aliphatic carbocycles. The van der Waals surface area contributed by atoms with Gasteiger partial charge in [-0.05, 0) is 52.9 Å². The van der Waals surface area contributed by atoms with E-state index < -0.39 is 0 Å². The normalized spacial score (nSPS) is 19.8. The number of hydrogen-bond acceptors (Lipinski definition) is 3. The van der Waals surface area contributed by atoms with E-state index in [0.29, 0.717) is 4.47 Å². The number of nitro benzene ring substituents is 1. The highest BCUT2D eigenvalue weighted by atomic mass is 79.9. The number of nitrogens with zero attached hydrogens (tertiary/aromatic N) is 2. The molecule has 5 heteroatoms. The van der Waals surface area contributed by atoms with Crippen LogP contribution in [0.3, 0.4) is 0 Å². The van der Waals surface area contributed by atoms with E-state index in [4.69, 9.17) is 0 Å². The minimum absolute atomic E-state index is 0.154. The van der Waals surface area contributed by atoms with E-state index in [-0.39, 0.29) is 10.6 Å². The molecule has 0 amide bonds. The molecular weight excluding hydrogens is 308 g/mol. The van der Waals surface area contributed by atoms with Crippen molar-refractivity contribution in [3.8, 4) is 0 Å². The van der Waals surface area contributed by atoms with Gasteiger partial charge in [0.2, 0.25) is 0 Å².